The summed E-state index contributed by atoms with van der Waals surface area (Å²) >= 11 is 0. The van der Waals surface area contributed by atoms with Crippen LogP contribution >= 0.6 is 0 Å². The van der Waals surface area contributed by atoms with Crippen molar-refractivity contribution in [1.29, 1.82) is 0 Å². The lowest BCUT2D eigenvalue weighted by atomic mass is 10.1. The van der Waals surface area contributed by atoms with E-state index in [0.29, 0.717) is 6.54 Å². The van der Waals surface area contributed by atoms with Crippen LogP contribution in [0.4, 0.5) is 10.1 Å². The summed E-state index contributed by atoms with van der Waals surface area (Å²) in [6, 6.07) is 3.20. The van der Waals surface area contributed by atoms with Crippen molar-refractivity contribution in [3.8, 4) is 0 Å². The zero-order valence-corrected chi connectivity index (χ0v) is 11.2. The first-order valence-electron chi connectivity index (χ1n) is 6.13. The average Bonchev–Trinajstić information content (AvgIpc) is 2.35. The molecule has 0 saturated carbocycles. The second kappa shape index (κ2) is 6.26. The van der Waals surface area contributed by atoms with E-state index in [2.05, 4.69) is 0 Å². The molecule has 19 heavy (non-hydrogen) atoms. The molecule has 0 aliphatic rings. The van der Waals surface area contributed by atoms with Gasteiger partial charge in [0.25, 0.3) is 5.91 Å². The molecule has 0 unspecified atom stereocenters. The zero-order chi connectivity index (χ0) is 14.6. The minimum absolute atomic E-state index is 0.0171. The van der Waals surface area contributed by atoms with Gasteiger partial charge in [-0.3, -0.25) is 14.9 Å². The molecule has 0 fully saturated rings. The molecule has 0 N–H and O–H groups in total. The molecule has 0 aliphatic carbocycles. The number of benzene rings is 1. The van der Waals surface area contributed by atoms with Gasteiger partial charge in [-0.2, -0.15) is 4.39 Å². The van der Waals surface area contributed by atoms with E-state index in [0.717, 1.165) is 18.6 Å². The maximum atomic E-state index is 13.2. The fraction of sp³-hybridized carbons (Fsp3) is 0.462. The van der Waals surface area contributed by atoms with Crippen molar-refractivity contribution in [1.82, 2.24) is 4.90 Å². The van der Waals surface area contributed by atoms with Gasteiger partial charge in [0.15, 0.2) is 0 Å². The average molecular weight is 268 g/mol. The summed E-state index contributed by atoms with van der Waals surface area (Å²) in [5, 5.41) is 10.7. The quantitative estimate of drug-likeness (QED) is 0.609. The SMILES string of the molecule is CCCN(C(=O)c1ccc(F)c([N+](=O)[O-])c1)C(C)C. The van der Waals surface area contributed by atoms with Crippen LogP contribution in [0.5, 0.6) is 0 Å². The Labute approximate surface area is 111 Å². The fourth-order valence-corrected chi connectivity index (χ4v) is 1.79. The maximum absolute atomic E-state index is 13.2. The third-order valence-corrected chi connectivity index (χ3v) is 2.74. The molecule has 0 saturated heterocycles. The standard InChI is InChI=1S/C13H17FN2O3/c1-4-7-15(9(2)3)13(17)10-5-6-11(14)12(8-10)16(18)19/h5-6,8-9H,4,7H2,1-3H3. The lowest BCUT2D eigenvalue weighted by Gasteiger charge is -2.26. The summed E-state index contributed by atoms with van der Waals surface area (Å²) in [5.41, 5.74) is -0.540. The highest BCUT2D eigenvalue weighted by Crippen LogP contribution is 2.20. The molecule has 0 bridgehead atoms. The van der Waals surface area contributed by atoms with Gasteiger partial charge in [-0.1, -0.05) is 6.92 Å². The van der Waals surface area contributed by atoms with Gasteiger partial charge in [0.1, 0.15) is 0 Å². The number of halogens is 1. The molecule has 104 valence electrons. The van der Waals surface area contributed by atoms with Crippen molar-refractivity contribution in [2.75, 3.05) is 6.54 Å². The van der Waals surface area contributed by atoms with Crippen LogP contribution < -0.4 is 0 Å². The number of carbonyl (C=O) groups is 1. The molecule has 1 aromatic carbocycles. The molecule has 0 radical (unpaired) electrons. The molecular weight excluding hydrogens is 251 g/mol. The van der Waals surface area contributed by atoms with Crippen LogP contribution in [0.1, 0.15) is 37.6 Å². The van der Waals surface area contributed by atoms with Crippen molar-refractivity contribution in [2.24, 2.45) is 0 Å². The van der Waals surface area contributed by atoms with E-state index in [-0.39, 0.29) is 17.5 Å². The first kappa shape index (κ1) is 15.1. The first-order chi connectivity index (χ1) is 8.88. The number of nitro benzene ring substituents is 1. The highest BCUT2D eigenvalue weighted by Gasteiger charge is 2.22. The number of amides is 1. The van der Waals surface area contributed by atoms with E-state index >= 15 is 0 Å². The monoisotopic (exact) mass is 268 g/mol. The lowest BCUT2D eigenvalue weighted by molar-refractivity contribution is -0.387. The van der Waals surface area contributed by atoms with E-state index in [1.165, 1.54) is 6.07 Å². The smallest absolute Gasteiger partial charge is 0.305 e. The third kappa shape index (κ3) is 3.49. The summed E-state index contributed by atoms with van der Waals surface area (Å²) in [7, 11) is 0. The van der Waals surface area contributed by atoms with Crippen LogP contribution in [0.25, 0.3) is 0 Å². The van der Waals surface area contributed by atoms with Gasteiger partial charge in [0.2, 0.25) is 5.82 Å². The summed E-state index contributed by atoms with van der Waals surface area (Å²) < 4.78 is 13.2. The predicted molar refractivity (Wildman–Crippen MR) is 69.5 cm³/mol. The largest absolute Gasteiger partial charge is 0.336 e. The fourth-order valence-electron chi connectivity index (χ4n) is 1.79. The first-order valence-corrected chi connectivity index (χ1v) is 6.13. The second-order valence-electron chi connectivity index (χ2n) is 4.52. The highest BCUT2D eigenvalue weighted by molar-refractivity contribution is 5.95. The maximum Gasteiger partial charge on any atom is 0.305 e. The highest BCUT2D eigenvalue weighted by atomic mass is 19.1. The molecule has 0 aromatic heterocycles. The molecular formula is C13H17FN2O3. The van der Waals surface area contributed by atoms with Crippen LogP contribution in [0, 0.1) is 15.9 Å². The number of rotatable bonds is 5. The Kier molecular flexibility index (Phi) is 4.97. The van der Waals surface area contributed by atoms with Crippen LogP contribution in [0.2, 0.25) is 0 Å². The van der Waals surface area contributed by atoms with Gasteiger partial charge in [0, 0.05) is 24.2 Å². The molecule has 0 atom stereocenters. The molecule has 1 rings (SSSR count). The normalized spacial score (nSPS) is 10.6. The van der Waals surface area contributed by atoms with Crippen molar-refractivity contribution >= 4 is 11.6 Å². The van der Waals surface area contributed by atoms with Crippen molar-refractivity contribution in [3.05, 3.63) is 39.7 Å². The van der Waals surface area contributed by atoms with E-state index in [4.69, 9.17) is 0 Å². The molecule has 5 nitrogen and oxygen atoms in total. The van der Waals surface area contributed by atoms with Gasteiger partial charge in [-0.05, 0) is 32.4 Å². The molecule has 0 aliphatic heterocycles. The van der Waals surface area contributed by atoms with Crippen LogP contribution in [0.3, 0.4) is 0 Å². The molecule has 0 heterocycles. The predicted octanol–water partition coefficient (Wildman–Crippen LogP) is 2.99. The Bertz CT molecular complexity index is 489. The Morgan fingerprint density at radius 3 is 2.58 bits per heavy atom. The van der Waals surface area contributed by atoms with E-state index in [1.807, 2.05) is 20.8 Å². The zero-order valence-electron chi connectivity index (χ0n) is 11.2. The van der Waals surface area contributed by atoms with Crippen molar-refractivity contribution in [2.45, 2.75) is 33.2 Å². The minimum Gasteiger partial charge on any atom is -0.336 e. The molecule has 1 amide bonds. The Morgan fingerprint density at radius 2 is 2.11 bits per heavy atom. The van der Waals surface area contributed by atoms with Crippen LogP contribution in [-0.2, 0) is 0 Å². The topological polar surface area (TPSA) is 63.5 Å². The van der Waals surface area contributed by atoms with E-state index in [9.17, 15) is 19.3 Å². The van der Waals surface area contributed by atoms with Gasteiger partial charge in [-0.15, -0.1) is 0 Å². The number of carbonyl (C=O) groups excluding carboxylic acids is 1. The molecule has 1 aromatic rings. The van der Waals surface area contributed by atoms with Gasteiger partial charge >= 0.3 is 5.69 Å². The summed E-state index contributed by atoms with van der Waals surface area (Å²) in [6.45, 7) is 6.23. The number of hydrogen-bond acceptors (Lipinski definition) is 3. The van der Waals surface area contributed by atoms with Crippen molar-refractivity contribution < 1.29 is 14.1 Å². The Morgan fingerprint density at radius 1 is 1.47 bits per heavy atom. The minimum atomic E-state index is -0.937. The van der Waals surface area contributed by atoms with Crippen LogP contribution in [-0.4, -0.2) is 28.3 Å². The van der Waals surface area contributed by atoms with E-state index in [1.54, 1.807) is 4.90 Å². The van der Waals surface area contributed by atoms with Crippen molar-refractivity contribution in [3.63, 3.8) is 0 Å². The Hall–Kier alpha value is -1.98. The molecule has 0 spiro atoms. The van der Waals surface area contributed by atoms with Gasteiger partial charge < -0.3 is 4.90 Å². The van der Waals surface area contributed by atoms with Gasteiger partial charge in [-0.25, -0.2) is 0 Å². The lowest BCUT2D eigenvalue weighted by Crippen LogP contribution is -2.37. The van der Waals surface area contributed by atoms with E-state index < -0.39 is 16.4 Å². The Balaban J connectivity index is 3.11. The summed E-state index contributed by atoms with van der Waals surface area (Å²) in [6.07, 6.45) is 0.785. The third-order valence-electron chi connectivity index (χ3n) is 2.74. The number of nitro groups is 1. The summed E-state index contributed by atoms with van der Waals surface area (Å²) in [4.78, 5) is 23.7. The van der Waals surface area contributed by atoms with Gasteiger partial charge in [0.05, 0.1) is 4.92 Å². The number of nitrogens with zero attached hydrogens (tertiary/aromatic N) is 2. The summed E-state index contributed by atoms with van der Waals surface area (Å²) in [5.74, 6) is -1.26. The number of hydrogen-bond donors (Lipinski definition) is 0. The molecule has 6 heteroatoms. The second-order valence-corrected chi connectivity index (χ2v) is 4.52. The van der Waals surface area contributed by atoms with Crippen LogP contribution in [0.15, 0.2) is 18.2 Å².